The molecule has 3 aromatic rings. The van der Waals surface area contributed by atoms with E-state index >= 15 is 0 Å². The molecule has 2 heterocycles. The van der Waals surface area contributed by atoms with Gasteiger partial charge in [-0.3, -0.25) is 0 Å². The van der Waals surface area contributed by atoms with Crippen LogP contribution in [-0.4, -0.2) is 26.9 Å². The van der Waals surface area contributed by atoms with Gasteiger partial charge in [-0.05, 0) is 37.1 Å². The Hall–Kier alpha value is -2.91. The van der Waals surface area contributed by atoms with Crippen LogP contribution in [0.25, 0.3) is 11.4 Å². The number of benzene rings is 1. The van der Waals surface area contributed by atoms with Gasteiger partial charge in [-0.25, -0.2) is 0 Å². The minimum Gasteiger partial charge on any atom is -0.493 e. The largest absolute Gasteiger partial charge is 0.493 e. The van der Waals surface area contributed by atoms with E-state index in [0.717, 1.165) is 11.1 Å². The van der Waals surface area contributed by atoms with E-state index in [1.54, 1.807) is 26.0 Å². The summed E-state index contributed by atoms with van der Waals surface area (Å²) >= 11 is 0. The first-order chi connectivity index (χ1) is 13.4. The summed E-state index contributed by atoms with van der Waals surface area (Å²) in [6.45, 7) is 9.86. The lowest BCUT2D eigenvalue weighted by Crippen LogP contribution is -2.12. The average molecular weight is 410 g/mol. The number of aromatic nitrogens is 4. The van der Waals surface area contributed by atoms with E-state index in [0.29, 0.717) is 36.1 Å². The monoisotopic (exact) mass is 410 g/mol. The van der Waals surface area contributed by atoms with Gasteiger partial charge < -0.3 is 13.8 Å². The SMILES string of the molecule is Cc1cc(-c2noc(C(F)(F)F)n2)cc(C)c1OCCc1noc(C(C)(C)C)n1. The van der Waals surface area contributed by atoms with Crippen LogP contribution in [0.3, 0.4) is 0 Å². The lowest BCUT2D eigenvalue weighted by Gasteiger charge is -2.12. The van der Waals surface area contributed by atoms with E-state index in [2.05, 4.69) is 24.8 Å². The Balaban J connectivity index is 1.70. The minimum absolute atomic E-state index is 0.128. The molecule has 156 valence electrons. The molecule has 0 saturated heterocycles. The van der Waals surface area contributed by atoms with Gasteiger partial charge in [0, 0.05) is 17.4 Å². The van der Waals surface area contributed by atoms with Crippen molar-refractivity contribution in [2.75, 3.05) is 6.61 Å². The molecular formula is C19H21F3N4O3. The van der Waals surface area contributed by atoms with Gasteiger partial charge in [0.15, 0.2) is 5.82 Å². The molecule has 0 radical (unpaired) electrons. The zero-order chi connectivity index (χ0) is 21.4. The Morgan fingerprint density at radius 1 is 0.931 bits per heavy atom. The van der Waals surface area contributed by atoms with Gasteiger partial charge in [0.05, 0.1) is 6.61 Å². The maximum Gasteiger partial charge on any atom is 0.471 e. The highest BCUT2D eigenvalue weighted by Crippen LogP contribution is 2.32. The highest BCUT2D eigenvalue weighted by Gasteiger charge is 2.38. The Morgan fingerprint density at radius 2 is 1.55 bits per heavy atom. The summed E-state index contributed by atoms with van der Waals surface area (Å²) in [5, 5.41) is 7.36. The Bertz CT molecular complexity index is 980. The summed E-state index contributed by atoms with van der Waals surface area (Å²) in [7, 11) is 0. The molecule has 10 heteroatoms. The predicted octanol–water partition coefficient (Wildman–Crippen LogP) is 4.67. The molecule has 0 fully saturated rings. The number of aryl methyl sites for hydroxylation is 2. The van der Waals surface area contributed by atoms with Crippen LogP contribution in [0, 0.1) is 13.8 Å². The van der Waals surface area contributed by atoms with E-state index in [4.69, 9.17) is 9.26 Å². The molecule has 0 amide bonds. The third-order valence-electron chi connectivity index (χ3n) is 4.07. The van der Waals surface area contributed by atoms with Gasteiger partial charge in [0.25, 0.3) is 0 Å². The second-order valence-electron chi connectivity index (χ2n) is 7.72. The first-order valence-corrected chi connectivity index (χ1v) is 8.93. The number of alkyl halides is 3. The quantitative estimate of drug-likeness (QED) is 0.604. The summed E-state index contributed by atoms with van der Waals surface area (Å²) < 4.78 is 53.4. The molecule has 0 spiro atoms. The summed E-state index contributed by atoms with van der Waals surface area (Å²) in [5.41, 5.74) is 1.67. The van der Waals surface area contributed by atoms with Crippen molar-refractivity contribution in [1.29, 1.82) is 0 Å². The molecular weight excluding hydrogens is 389 g/mol. The van der Waals surface area contributed by atoms with Gasteiger partial charge in [-0.15, -0.1) is 0 Å². The fourth-order valence-corrected chi connectivity index (χ4v) is 2.67. The lowest BCUT2D eigenvalue weighted by molar-refractivity contribution is -0.159. The zero-order valence-corrected chi connectivity index (χ0v) is 16.7. The van der Waals surface area contributed by atoms with Crippen molar-refractivity contribution in [1.82, 2.24) is 20.3 Å². The molecule has 0 aliphatic rings. The van der Waals surface area contributed by atoms with Crippen molar-refractivity contribution < 1.29 is 27.0 Å². The zero-order valence-electron chi connectivity index (χ0n) is 16.7. The molecule has 0 N–H and O–H groups in total. The van der Waals surface area contributed by atoms with Crippen molar-refractivity contribution >= 4 is 0 Å². The standard InChI is InChI=1S/C19H21F3N4O3/c1-10-8-12(15-24-17(29-26-15)19(20,21)22)9-11(2)14(10)27-7-6-13-23-16(28-25-13)18(3,4)5/h8-9H,6-7H2,1-5H3. The number of hydrogen-bond acceptors (Lipinski definition) is 7. The van der Waals surface area contributed by atoms with E-state index in [1.165, 1.54) is 0 Å². The normalized spacial score (nSPS) is 12.4. The number of ether oxygens (including phenoxy) is 1. The molecule has 0 saturated carbocycles. The molecule has 3 rings (SSSR count). The second-order valence-corrected chi connectivity index (χ2v) is 7.72. The van der Waals surface area contributed by atoms with Crippen molar-refractivity contribution in [3.63, 3.8) is 0 Å². The van der Waals surface area contributed by atoms with Gasteiger partial charge >= 0.3 is 12.1 Å². The number of hydrogen-bond donors (Lipinski definition) is 0. The van der Waals surface area contributed by atoms with Crippen molar-refractivity contribution in [2.45, 2.75) is 52.6 Å². The predicted molar refractivity (Wildman–Crippen MR) is 96.4 cm³/mol. The molecule has 7 nitrogen and oxygen atoms in total. The molecule has 0 aliphatic heterocycles. The van der Waals surface area contributed by atoms with Crippen molar-refractivity contribution in [3.8, 4) is 17.1 Å². The molecule has 1 aromatic carbocycles. The Kier molecular flexibility index (Phi) is 5.38. The van der Waals surface area contributed by atoms with E-state index in [9.17, 15) is 13.2 Å². The average Bonchev–Trinajstić information content (AvgIpc) is 3.25. The Labute approximate surface area is 165 Å². The van der Waals surface area contributed by atoms with E-state index < -0.39 is 12.1 Å². The summed E-state index contributed by atoms with van der Waals surface area (Å²) in [5.74, 6) is 0.234. The maximum absolute atomic E-state index is 12.7. The molecule has 2 aromatic heterocycles. The van der Waals surface area contributed by atoms with Crippen LogP contribution in [0.15, 0.2) is 21.2 Å². The molecule has 0 bridgehead atoms. The topological polar surface area (TPSA) is 87.1 Å². The minimum atomic E-state index is -4.68. The van der Waals surface area contributed by atoms with Gasteiger partial charge in [-0.1, -0.05) is 31.1 Å². The Morgan fingerprint density at radius 3 is 2.07 bits per heavy atom. The van der Waals surface area contributed by atoms with E-state index in [1.807, 2.05) is 20.8 Å². The maximum atomic E-state index is 12.7. The second kappa shape index (κ2) is 7.49. The lowest BCUT2D eigenvalue weighted by atomic mass is 9.97. The van der Waals surface area contributed by atoms with E-state index in [-0.39, 0.29) is 11.2 Å². The summed E-state index contributed by atoms with van der Waals surface area (Å²) in [6.07, 6.45) is -4.22. The first kappa shape index (κ1) is 20.8. The van der Waals surface area contributed by atoms with Gasteiger partial charge in [-0.2, -0.15) is 23.1 Å². The first-order valence-electron chi connectivity index (χ1n) is 8.93. The van der Waals surface area contributed by atoms with Gasteiger partial charge in [0.2, 0.25) is 11.7 Å². The number of halogens is 3. The summed E-state index contributed by atoms with van der Waals surface area (Å²) in [4.78, 5) is 7.77. The number of rotatable bonds is 5. The molecule has 0 unspecified atom stereocenters. The number of nitrogens with zero attached hydrogens (tertiary/aromatic N) is 4. The van der Waals surface area contributed by atoms with Crippen LogP contribution >= 0.6 is 0 Å². The van der Waals surface area contributed by atoms with Crippen LogP contribution in [0.4, 0.5) is 13.2 Å². The third-order valence-corrected chi connectivity index (χ3v) is 4.07. The molecule has 0 aliphatic carbocycles. The smallest absolute Gasteiger partial charge is 0.471 e. The van der Waals surface area contributed by atoms with Crippen LogP contribution in [0.1, 0.15) is 49.5 Å². The fourth-order valence-electron chi connectivity index (χ4n) is 2.67. The molecule has 0 atom stereocenters. The van der Waals surface area contributed by atoms with Crippen LogP contribution in [0.5, 0.6) is 5.75 Å². The van der Waals surface area contributed by atoms with Crippen LogP contribution < -0.4 is 4.74 Å². The van der Waals surface area contributed by atoms with Crippen LogP contribution in [0.2, 0.25) is 0 Å². The van der Waals surface area contributed by atoms with Gasteiger partial charge in [0.1, 0.15) is 5.75 Å². The fraction of sp³-hybridized carbons (Fsp3) is 0.474. The highest BCUT2D eigenvalue weighted by atomic mass is 19.4. The van der Waals surface area contributed by atoms with Crippen molar-refractivity contribution in [2.24, 2.45) is 0 Å². The summed E-state index contributed by atoms with van der Waals surface area (Å²) in [6, 6.07) is 3.30. The van der Waals surface area contributed by atoms with Crippen molar-refractivity contribution in [3.05, 3.63) is 40.9 Å². The third kappa shape index (κ3) is 4.75. The highest BCUT2D eigenvalue weighted by molar-refractivity contribution is 5.61. The molecule has 29 heavy (non-hydrogen) atoms. The van der Waals surface area contributed by atoms with Crippen LogP contribution in [-0.2, 0) is 18.0 Å².